The Morgan fingerprint density at radius 3 is 1.82 bits per heavy atom. The number of nitrogens with two attached hydrogens (primary N) is 3. The van der Waals surface area contributed by atoms with Crippen molar-refractivity contribution in [1.29, 1.82) is 0 Å². The first kappa shape index (κ1) is 92.7. The molecule has 4 heterocycles. The summed E-state index contributed by atoms with van der Waals surface area (Å²) in [6.07, 6.45) is 4.15. The summed E-state index contributed by atoms with van der Waals surface area (Å²) in [5.41, 5.74) is 17.2. The molecule has 111 heavy (non-hydrogen) atoms. The normalized spacial score (nSPS) is 19.4. The minimum absolute atomic E-state index is 0.0155. The highest BCUT2D eigenvalue weighted by molar-refractivity contribution is 8.00. The van der Waals surface area contributed by atoms with E-state index in [9.17, 15) is 96.2 Å². The van der Waals surface area contributed by atoms with Crippen molar-refractivity contribution < 1.29 is 101 Å². The number of amides is 17. The second-order valence-corrected chi connectivity index (χ2v) is 32.4. The monoisotopic (exact) mass is 1620 g/mol. The SMILES string of the molecule is CSCC[C@H](NC(=O)[C@@H]1CCCN1C(=O)[C@H](COP(=O)(O)O)NC(=O)[C@H](CC(C)C)NC(=O)[C@@H](NC(=O)[C@@H]1CCCN1C(=O)CNC(=O)[C@H](Cc1ccc(O)cc1)NC(=O)CNC(=O)CNC(=O)CCCC[C@@H]1SC[C@@H]2NC(=O)N[C@@H]21)C(C)C)C(=O)N[C@@H](CC(N)=O)C(=O)N[C@@H](CCCCN)C(=O)N[C@H](C(N)=O)C(C)C. The number of urea groups is 1. The molecule has 39 nitrogen and oxygen atoms in total. The number of hydrogen-bond donors (Lipinski definition) is 19. The van der Waals surface area contributed by atoms with Crippen LogP contribution in [0.15, 0.2) is 24.3 Å². The van der Waals surface area contributed by atoms with Crippen LogP contribution in [0.4, 0.5) is 4.79 Å². The largest absolute Gasteiger partial charge is 0.508 e. The van der Waals surface area contributed by atoms with Crippen LogP contribution < -0.4 is 86.3 Å². The van der Waals surface area contributed by atoms with Crippen LogP contribution >= 0.6 is 31.3 Å². The van der Waals surface area contributed by atoms with E-state index >= 15 is 0 Å². The van der Waals surface area contributed by atoms with Gasteiger partial charge in [-0.2, -0.15) is 23.5 Å². The zero-order valence-corrected chi connectivity index (χ0v) is 66.1. The van der Waals surface area contributed by atoms with Gasteiger partial charge >= 0.3 is 13.9 Å². The van der Waals surface area contributed by atoms with Crippen molar-refractivity contribution in [3.05, 3.63) is 29.8 Å². The Bertz CT molecular complexity index is 3500. The molecule has 0 radical (unpaired) electrons. The standard InChI is InChI=1S/C69H111N18O21PS2/c1-36(2)28-43(63(98)81-46(34-108-109(105,106)107)68(103)87-26-13-16-49(87)65(100)78-42(23-27-110-7)61(96)79-45(30-51(71)89)64(99)77-41(14-10-11-24-70)62(97)83-56(37(3)4)59(72)94)80-67(102)57(38(5)6)84-66(101)48-15-12-25-86(48)55(93)33-75-60(95)44(29-39-19-21-40(88)22-20-39)76-54(92)32-74-53(91)31-73-52(90)18-9-8-17-50-58-47(35-111-50)82-69(104)85-58/h19-22,36-38,41-50,56-58,88H,8-18,23-35,70H2,1-7H3,(H2,71,89)(H2,72,94)(H,73,90)(H,74,91)(H,75,95)(H,76,92)(H,77,99)(H,78,100)(H,79,96)(H,80,102)(H,81,98)(H,83,97)(H,84,101)(H2,82,85,104)(H2,105,106,107)/t41-,42-,43-,44-,45-,46-,47-,48-,49-,50-,56-,57-,58-/m0/s1. The molecule has 4 aliphatic rings. The smallest absolute Gasteiger partial charge is 0.469 e. The van der Waals surface area contributed by atoms with Crippen molar-refractivity contribution in [3.63, 3.8) is 0 Å². The number of primary amides is 2. The molecule has 42 heteroatoms. The molecule has 0 bridgehead atoms. The van der Waals surface area contributed by atoms with Gasteiger partial charge in [0.15, 0.2) is 0 Å². The summed E-state index contributed by atoms with van der Waals surface area (Å²) in [6, 6.07) is -8.70. The molecule has 0 unspecified atom stereocenters. The molecule has 4 fully saturated rings. The van der Waals surface area contributed by atoms with Crippen LogP contribution in [0.2, 0.25) is 0 Å². The number of phosphoric ester groups is 1. The molecule has 0 aromatic heterocycles. The third-order valence-electron chi connectivity index (χ3n) is 18.9. The summed E-state index contributed by atoms with van der Waals surface area (Å²) in [6.45, 7) is 7.09. The Hall–Kier alpha value is -8.89. The quantitative estimate of drug-likeness (QED) is 0.0166. The third kappa shape index (κ3) is 31.0. The number of benzene rings is 1. The number of phosphoric acid groups is 1. The fraction of sp³-hybridized carbons (Fsp3) is 0.681. The van der Waals surface area contributed by atoms with E-state index in [1.165, 1.54) is 40.9 Å². The van der Waals surface area contributed by atoms with Crippen LogP contribution in [-0.4, -0.2) is 261 Å². The van der Waals surface area contributed by atoms with E-state index < -0.39 is 195 Å². The van der Waals surface area contributed by atoms with Crippen LogP contribution in [0, 0.1) is 17.8 Å². The summed E-state index contributed by atoms with van der Waals surface area (Å²) in [4.78, 5) is 238. The third-order valence-corrected chi connectivity index (χ3v) is 21.5. The number of carbonyl (C=O) groups excluding carboxylic acids is 16. The van der Waals surface area contributed by atoms with Crippen LogP contribution in [0.3, 0.4) is 0 Å². The molecule has 22 N–H and O–H groups in total. The van der Waals surface area contributed by atoms with Crippen LogP contribution in [0.25, 0.3) is 0 Å². The molecule has 4 aliphatic heterocycles. The maximum Gasteiger partial charge on any atom is 0.469 e. The Balaban J connectivity index is 1.21. The fourth-order valence-electron chi connectivity index (χ4n) is 13.0. The van der Waals surface area contributed by atoms with E-state index in [1.54, 1.807) is 59.6 Å². The summed E-state index contributed by atoms with van der Waals surface area (Å²) in [7, 11) is -5.39. The lowest BCUT2D eigenvalue weighted by Gasteiger charge is -2.31. The number of phenols is 1. The molecule has 5 rings (SSSR count). The number of thioether (sulfide) groups is 2. The molecule has 17 amide bonds. The molecule has 13 atom stereocenters. The number of nitrogens with one attached hydrogen (secondary N) is 13. The minimum Gasteiger partial charge on any atom is -0.508 e. The van der Waals surface area contributed by atoms with Crippen molar-refractivity contribution in [2.24, 2.45) is 35.0 Å². The number of fused-ring (bicyclic) bond motifs is 1. The Morgan fingerprint density at radius 2 is 1.20 bits per heavy atom. The molecular formula is C69H111N18O21PS2. The van der Waals surface area contributed by atoms with Crippen molar-refractivity contribution >= 4 is 126 Å². The summed E-state index contributed by atoms with van der Waals surface area (Å²) < 4.78 is 16.9. The molecule has 1 aromatic rings. The number of aromatic hydroxyl groups is 1. The molecule has 620 valence electrons. The maximum absolute atomic E-state index is 14.7. The number of phenolic OH excluding ortho intramolecular Hbond substituents is 1. The van der Waals surface area contributed by atoms with Crippen molar-refractivity contribution in [2.45, 2.75) is 216 Å². The van der Waals surface area contributed by atoms with Gasteiger partial charge in [-0.15, -0.1) is 0 Å². The number of likely N-dealkylation sites (tertiary alicyclic amines) is 2. The van der Waals surface area contributed by atoms with Crippen molar-refractivity contribution in [1.82, 2.24) is 78.9 Å². The van der Waals surface area contributed by atoms with Crippen LogP contribution in [0.1, 0.15) is 137 Å². The number of nitrogens with zero attached hydrogens (tertiary/aromatic N) is 2. The lowest BCUT2D eigenvalue weighted by Crippen LogP contribution is -2.61. The molecule has 0 saturated carbocycles. The molecule has 0 spiro atoms. The first-order chi connectivity index (χ1) is 52.4. The topological polar surface area (TPSA) is 601 Å². The zero-order valence-electron chi connectivity index (χ0n) is 63.6. The molecule has 0 aliphatic carbocycles. The van der Waals surface area contributed by atoms with Gasteiger partial charge < -0.3 is 111 Å². The van der Waals surface area contributed by atoms with E-state index in [0.717, 1.165) is 23.5 Å². The van der Waals surface area contributed by atoms with Gasteiger partial charge in [0, 0.05) is 36.9 Å². The van der Waals surface area contributed by atoms with Crippen molar-refractivity contribution in [2.75, 3.05) is 63.6 Å². The fourth-order valence-corrected chi connectivity index (χ4v) is 15.4. The second kappa shape index (κ2) is 45.6. The number of rotatable bonds is 47. The predicted molar refractivity (Wildman–Crippen MR) is 406 cm³/mol. The van der Waals surface area contributed by atoms with E-state index in [2.05, 4.69) is 69.1 Å². The second-order valence-electron chi connectivity index (χ2n) is 28.9. The van der Waals surface area contributed by atoms with E-state index in [1.807, 2.05) is 0 Å². The van der Waals surface area contributed by atoms with Gasteiger partial charge in [-0.05, 0) is 125 Å². The number of unbranched alkanes of at least 4 members (excludes halogenated alkanes) is 2. The van der Waals surface area contributed by atoms with Gasteiger partial charge in [-0.3, -0.25) is 76.4 Å². The van der Waals surface area contributed by atoms with Gasteiger partial charge in [0.25, 0.3) is 0 Å². The maximum atomic E-state index is 14.7. The van der Waals surface area contributed by atoms with E-state index in [0.29, 0.717) is 31.2 Å². The highest BCUT2D eigenvalue weighted by Gasteiger charge is 2.45. The minimum atomic E-state index is -5.39. The lowest BCUT2D eigenvalue weighted by atomic mass is 9.99. The van der Waals surface area contributed by atoms with Gasteiger partial charge in [0.2, 0.25) is 88.6 Å². The number of carbonyl (C=O) groups is 16. The Kier molecular flexibility index (Phi) is 38.1. The zero-order chi connectivity index (χ0) is 82.4. The Morgan fingerprint density at radius 1 is 0.622 bits per heavy atom. The van der Waals surface area contributed by atoms with E-state index in [4.69, 9.17) is 21.7 Å². The van der Waals surface area contributed by atoms with Gasteiger partial charge in [-0.1, -0.05) is 60.1 Å². The molecular weight excluding hydrogens is 1510 g/mol. The van der Waals surface area contributed by atoms with E-state index in [-0.39, 0.29) is 118 Å². The number of hydrogen-bond acceptors (Lipinski definition) is 22. The average molecular weight is 1620 g/mol. The Labute approximate surface area is 652 Å². The summed E-state index contributed by atoms with van der Waals surface area (Å²) >= 11 is 3.04. The summed E-state index contributed by atoms with van der Waals surface area (Å²) in [5, 5.41) is 43.7. The van der Waals surface area contributed by atoms with Crippen molar-refractivity contribution in [3.8, 4) is 5.75 Å². The highest BCUT2D eigenvalue weighted by atomic mass is 32.2. The van der Waals surface area contributed by atoms with Gasteiger partial charge in [0.1, 0.15) is 66.2 Å². The van der Waals surface area contributed by atoms with Crippen LogP contribution in [-0.2, 0) is 87.4 Å². The molecule has 1 aromatic carbocycles. The first-order valence-corrected chi connectivity index (χ1v) is 41.1. The summed E-state index contributed by atoms with van der Waals surface area (Å²) in [5.74, 6) is -13.4. The lowest BCUT2D eigenvalue weighted by molar-refractivity contribution is -0.143. The van der Waals surface area contributed by atoms with Gasteiger partial charge in [0.05, 0.1) is 44.7 Å². The molecule has 4 saturated heterocycles. The highest BCUT2D eigenvalue weighted by Crippen LogP contribution is 2.36. The average Bonchev–Trinajstić information content (AvgIpc) is 1.68. The first-order valence-electron chi connectivity index (χ1n) is 37.2. The predicted octanol–water partition coefficient (Wildman–Crippen LogP) is -4.42. The van der Waals surface area contributed by atoms with Gasteiger partial charge in [-0.25, -0.2) is 9.36 Å². The van der Waals surface area contributed by atoms with Crippen LogP contribution in [0.5, 0.6) is 5.75 Å².